The molecule has 0 spiro atoms. The fourth-order valence-corrected chi connectivity index (χ4v) is 3.12. The molecule has 3 rings (SSSR count). The Morgan fingerprint density at radius 1 is 1.46 bits per heavy atom. The van der Waals surface area contributed by atoms with Crippen molar-refractivity contribution in [2.45, 2.75) is 38.5 Å². The summed E-state index contributed by atoms with van der Waals surface area (Å²) in [5, 5.41) is 16.1. The molecule has 24 heavy (non-hydrogen) atoms. The summed E-state index contributed by atoms with van der Waals surface area (Å²) in [6.45, 7) is 1.93. The van der Waals surface area contributed by atoms with Crippen LogP contribution in [0.5, 0.6) is 0 Å². The zero-order valence-electron chi connectivity index (χ0n) is 13.6. The van der Waals surface area contributed by atoms with E-state index in [-0.39, 0.29) is 11.6 Å². The minimum absolute atomic E-state index is 0.0760. The molecule has 1 atom stereocenters. The molecule has 1 N–H and O–H groups in total. The first kappa shape index (κ1) is 16.6. The van der Waals surface area contributed by atoms with Gasteiger partial charge in [0.1, 0.15) is 18.5 Å². The van der Waals surface area contributed by atoms with E-state index in [9.17, 15) is 4.39 Å². The SMILES string of the molecule is COCc1nc([C@H]2CCCCN2Cc2ccc(C#N)c(F)c2)n[nH]1. The molecule has 0 radical (unpaired) electrons. The van der Waals surface area contributed by atoms with E-state index in [0.717, 1.165) is 37.2 Å². The summed E-state index contributed by atoms with van der Waals surface area (Å²) in [6, 6.07) is 6.75. The molecule has 1 aliphatic rings. The number of methoxy groups -OCH3 is 1. The highest BCUT2D eigenvalue weighted by Crippen LogP contribution is 2.30. The van der Waals surface area contributed by atoms with Crippen molar-refractivity contribution >= 4 is 0 Å². The van der Waals surface area contributed by atoms with Crippen LogP contribution in [0.2, 0.25) is 0 Å². The second-order valence-corrected chi connectivity index (χ2v) is 5.98. The summed E-state index contributed by atoms with van der Waals surface area (Å²) in [5.41, 5.74) is 0.929. The van der Waals surface area contributed by atoms with E-state index < -0.39 is 5.82 Å². The van der Waals surface area contributed by atoms with Crippen LogP contribution in [0.1, 0.15) is 48.1 Å². The lowest BCUT2D eigenvalue weighted by Gasteiger charge is -2.34. The van der Waals surface area contributed by atoms with Crippen molar-refractivity contribution in [3.63, 3.8) is 0 Å². The Bertz CT molecular complexity index is 739. The van der Waals surface area contributed by atoms with E-state index in [2.05, 4.69) is 20.1 Å². The molecule has 1 fully saturated rings. The number of aromatic nitrogens is 3. The normalized spacial score (nSPS) is 18.5. The van der Waals surface area contributed by atoms with Crippen LogP contribution < -0.4 is 0 Å². The van der Waals surface area contributed by atoms with Gasteiger partial charge in [-0.2, -0.15) is 10.4 Å². The minimum atomic E-state index is -0.469. The van der Waals surface area contributed by atoms with Gasteiger partial charge < -0.3 is 4.74 Å². The maximum atomic E-state index is 13.8. The number of nitriles is 1. The number of ether oxygens (including phenoxy) is 1. The van der Waals surface area contributed by atoms with Crippen LogP contribution >= 0.6 is 0 Å². The predicted octanol–water partition coefficient (Wildman–Crippen LogP) is 2.69. The van der Waals surface area contributed by atoms with Crippen LogP contribution in [0.4, 0.5) is 4.39 Å². The van der Waals surface area contributed by atoms with Gasteiger partial charge in [-0.1, -0.05) is 12.5 Å². The number of rotatable bonds is 5. The van der Waals surface area contributed by atoms with Gasteiger partial charge in [-0.25, -0.2) is 9.37 Å². The van der Waals surface area contributed by atoms with Crippen molar-refractivity contribution in [2.24, 2.45) is 0 Å². The largest absolute Gasteiger partial charge is 0.377 e. The van der Waals surface area contributed by atoms with Gasteiger partial charge in [0.05, 0.1) is 11.6 Å². The average Bonchev–Trinajstić information content (AvgIpc) is 3.04. The third-order valence-corrected chi connectivity index (χ3v) is 4.28. The predicted molar refractivity (Wildman–Crippen MR) is 85.2 cm³/mol. The summed E-state index contributed by atoms with van der Waals surface area (Å²) in [4.78, 5) is 6.78. The Balaban J connectivity index is 1.77. The number of hydrogen-bond acceptors (Lipinski definition) is 5. The molecule has 2 aromatic rings. The summed E-state index contributed by atoms with van der Waals surface area (Å²) >= 11 is 0. The molecule has 7 heteroatoms. The number of piperidine rings is 1. The Labute approximate surface area is 140 Å². The number of nitrogens with one attached hydrogen (secondary N) is 1. The van der Waals surface area contributed by atoms with Crippen LogP contribution in [0.25, 0.3) is 0 Å². The lowest BCUT2D eigenvalue weighted by Crippen LogP contribution is -2.33. The van der Waals surface area contributed by atoms with Crippen LogP contribution in [0, 0.1) is 17.1 Å². The van der Waals surface area contributed by atoms with Gasteiger partial charge >= 0.3 is 0 Å². The molecule has 1 aromatic heterocycles. The maximum absolute atomic E-state index is 13.8. The highest BCUT2D eigenvalue weighted by atomic mass is 19.1. The monoisotopic (exact) mass is 329 g/mol. The summed E-state index contributed by atoms with van der Waals surface area (Å²) in [5.74, 6) is 1.00. The topological polar surface area (TPSA) is 77.8 Å². The standard InChI is InChI=1S/C17H20FN5O/c1-24-11-16-20-17(22-21-16)15-4-2-3-7-23(15)10-12-5-6-13(9-19)14(18)8-12/h5-6,8,15H,2-4,7,10-11H2,1H3,(H,20,21,22)/t15-/m1/s1. The lowest BCUT2D eigenvalue weighted by atomic mass is 10.0. The van der Waals surface area contributed by atoms with Crippen LogP contribution in [-0.4, -0.2) is 33.7 Å². The average molecular weight is 329 g/mol. The zero-order valence-corrected chi connectivity index (χ0v) is 13.6. The molecule has 0 saturated carbocycles. The first-order valence-electron chi connectivity index (χ1n) is 8.04. The van der Waals surface area contributed by atoms with Gasteiger partial charge in [-0.3, -0.25) is 10.00 Å². The van der Waals surface area contributed by atoms with Crippen molar-refractivity contribution in [3.8, 4) is 6.07 Å². The molecular formula is C17H20FN5O. The fourth-order valence-electron chi connectivity index (χ4n) is 3.12. The van der Waals surface area contributed by atoms with Crippen LogP contribution in [0.15, 0.2) is 18.2 Å². The second kappa shape index (κ2) is 7.51. The van der Waals surface area contributed by atoms with Gasteiger partial charge in [-0.05, 0) is 37.1 Å². The first-order valence-corrected chi connectivity index (χ1v) is 8.04. The molecule has 0 amide bonds. The van der Waals surface area contributed by atoms with Gasteiger partial charge in [0, 0.05) is 13.7 Å². The highest BCUT2D eigenvalue weighted by Gasteiger charge is 2.27. The smallest absolute Gasteiger partial charge is 0.167 e. The summed E-state index contributed by atoms with van der Waals surface area (Å²) < 4.78 is 18.9. The van der Waals surface area contributed by atoms with Gasteiger partial charge in [0.25, 0.3) is 0 Å². The van der Waals surface area contributed by atoms with E-state index >= 15 is 0 Å². The van der Waals surface area contributed by atoms with E-state index in [1.54, 1.807) is 7.11 Å². The van der Waals surface area contributed by atoms with Crippen LogP contribution in [-0.2, 0) is 17.9 Å². The molecule has 6 nitrogen and oxygen atoms in total. The number of aromatic amines is 1. The quantitative estimate of drug-likeness (QED) is 0.912. The Morgan fingerprint density at radius 3 is 3.08 bits per heavy atom. The molecule has 0 aliphatic carbocycles. The van der Waals surface area contributed by atoms with E-state index in [0.29, 0.717) is 19.0 Å². The number of hydrogen-bond donors (Lipinski definition) is 1. The Morgan fingerprint density at radius 2 is 2.33 bits per heavy atom. The fraction of sp³-hybridized carbons (Fsp3) is 0.471. The molecule has 2 heterocycles. The maximum Gasteiger partial charge on any atom is 0.167 e. The minimum Gasteiger partial charge on any atom is -0.377 e. The third kappa shape index (κ3) is 3.61. The summed E-state index contributed by atoms with van der Waals surface area (Å²) in [7, 11) is 1.62. The molecule has 126 valence electrons. The zero-order chi connectivity index (χ0) is 16.9. The molecule has 1 saturated heterocycles. The molecular weight excluding hydrogens is 309 g/mol. The van der Waals surface area contributed by atoms with Gasteiger partial charge in [0.15, 0.2) is 11.6 Å². The van der Waals surface area contributed by atoms with Crippen molar-refractivity contribution in [2.75, 3.05) is 13.7 Å². The number of halogens is 1. The molecule has 1 aliphatic heterocycles. The highest BCUT2D eigenvalue weighted by molar-refractivity contribution is 5.33. The van der Waals surface area contributed by atoms with Gasteiger partial charge in [0.2, 0.25) is 0 Å². The number of H-pyrrole nitrogens is 1. The Kier molecular flexibility index (Phi) is 5.18. The Hall–Kier alpha value is -2.30. The van der Waals surface area contributed by atoms with E-state index in [1.807, 2.05) is 12.1 Å². The molecule has 1 aromatic carbocycles. The number of likely N-dealkylation sites (tertiary alicyclic amines) is 1. The summed E-state index contributed by atoms with van der Waals surface area (Å²) in [6.07, 6.45) is 3.20. The van der Waals surface area contributed by atoms with E-state index in [4.69, 9.17) is 10.00 Å². The van der Waals surface area contributed by atoms with Crippen molar-refractivity contribution < 1.29 is 9.13 Å². The second-order valence-electron chi connectivity index (χ2n) is 5.98. The van der Waals surface area contributed by atoms with Crippen molar-refractivity contribution in [1.82, 2.24) is 20.1 Å². The first-order chi connectivity index (χ1) is 11.7. The van der Waals surface area contributed by atoms with Crippen molar-refractivity contribution in [1.29, 1.82) is 5.26 Å². The van der Waals surface area contributed by atoms with Crippen molar-refractivity contribution in [3.05, 3.63) is 46.8 Å². The third-order valence-electron chi connectivity index (χ3n) is 4.28. The van der Waals surface area contributed by atoms with E-state index in [1.165, 1.54) is 12.1 Å². The number of nitrogens with zero attached hydrogens (tertiary/aromatic N) is 4. The van der Waals surface area contributed by atoms with Crippen LogP contribution in [0.3, 0.4) is 0 Å². The molecule has 0 bridgehead atoms. The molecule has 0 unspecified atom stereocenters. The van der Waals surface area contributed by atoms with Gasteiger partial charge in [-0.15, -0.1) is 0 Å². The lowest BCUT2D eigenvalue weighted by molar-refractivity contribution is 0.133. The number of benzene rings is 1.